The van der Waals surface area contributed by atoms with Gasteiger partial charge in [0.05, 0.1) is 11.4 Å². The van der Waals surface area contributed by atoms with Gasteiger partial charge in [-0.15, -0.1) is 0 Å². The van der Waals surface area contributed by atoms with E-state index in [4.69, 9.17) is 0 Å². The third-order valence-corrected chi connectivity index (χ3v) is 3.83. The van der Waals surface area contributed by atoms with Crippen LogP contribution in [0.1, 0.15) is 19.3 Å². The van der Waals surface area contributed by atoms with Crippen LogP contribution >= 0.6 is 0 Å². The number of alkyl halides is 3. The van der Waals surface area contributed by atoms with Gasteiger partial charge in [0.2, 0.25) is 0 Å². The van der Waals surface area contributed by atoms with E-state index in [1.54, 1.807) is 4.90 Å². The Labute approximate surface area is 114 Å². The third kappa shape index (κ3) is 2.26. The fourth-order valence-corrected chi connectivity index (χ4v) is 2.81. The summed E-state index contributed by atoms with van der Waals surface area (Å²) in [7, 11) is 0. The topological polar surface area (TPSA) is 44.7 Å². The number of nitrogens with one attached hydrogen (secondary N) is 1. The molecule has 108 valence electrons. The highest BCUT2D eigenvalue weighted by atomic mass is 19.4. The fourth-order valence-electron chi connectivity index (χ4n) is 2.81. The molecule has 0 aromatic heterocycles. The van der Waals surface area contributed by atoms with E-state index >= 15 is 0 Å². The Morgan fingerprint density at radius 1 is 1.25 bits per heavy atom. The molecule has 3 rings (SSSR count). The van der Waals surface area contributed by atoms with E-state index in [0.717, 1.165) is 32.0 Å². The summed E-state index contributed by atoms with van der Waals surface area (Å²) in [6.45, 7) is 1.61. The Kier molecular flexibility index (Phi) is 3.16. The lowest BCUT2D eigenvalue weighted by Crippen LogP contribution is -2.43. The lowest BCUT2D eigenvalue weighted by molar-refractivity contribution is -0.0925. The summed E-state index contributed by atoms with van der Waals surface area (Å²) >= 11 is 0. The highest BCUT2D eigenvalue weighted by molar-refractivity contribution is 6.14. The van der Waals surface area contributed by atoms with Gasteiger partial charge < -0.3 is 5.32 Å². The zero-order chi connectivity index (χ0) is 14.3. The summed E-state index contributed by atoms with van der Waals surface area (Å²) in [6, 6.07) is -0.410. The first-order valence-corrected chi connectivity index (χ1v) is 6.57. The van der Waals surface area contributed by atoms with Crippen molar-refractivity contribution < 1.29 is 18.0 Å². The number of fused-ring (bicyclic) bond motifs is 1. The maximum atomic E-state index is 12.7. The number of hydrogen-bond acceptors (Lipinski definition) is 2. The van der Waals surface area contributed by atoms with Crippen LogP contribution in [0.15, 0.2) is 28.4 Å². The van der Waals surface area contributed by atoms with E-state index in [1.165, 1.54) is 6.08 Å². The molecule has 0 atom stereocenters. The molecule has 2 aliphatic heterocycles. The van der Waals surface area contributed by atoms with Gasteiger partial charge in [0.15, 0.2) is 0 Å². The molecule has 1 aliphatic carbocycles. The van der Waals surface area contributed by atoms with E-state index in [9.17, 15) is 18.0 Å². The minimum atomic E-state index is -4.37. The summed E-state index contributed by atoms with van der Waals surface area (Å²) in [5.41, 5.74) is 0.123. The molecule has 0 unspecified atom stereocenters. The molecule has 0 radical (unpaired) electrons. The van der Waals surface area contributed by atoms with E-state index in [2.05, 4.69) is 10.3 Å². The Morgan fingerprint density at radius 3 is 2.60 bits per heavy atom. The maximum Gasteiger partial charge on any atom is 0.413 e. The lowest BCUT2D eigenvalue weighted by atomic mass is 9.97. The van der Waals surface area contributed by atoms with Gasteiger partial charge in [-0.1, -0.05) is 6.08 Å². The second-order valence-electron chi connectivity index (χ2n) is 5.11. The molecule has 0 aromatic rings. The van der Waals surface area contributed by atoms with Crippen molar-refractivity contribution in [2.24, 2.45) is 4.99 Å². The highest BCUT2D eigenvalue weighted by Crippen LogP contribution is 2.36. The average molecular weight is 285 g/mol. The third-order valence-electron chi connectivity index (χ3n) is 3.83. The molecule has 20 heavy (non-hydrogen) atoms. The Morgan fingerprint density at radius 2 is 1.95 bits per heavy atom. The van der Waals surface area contributed by atoms with Gasteiger partial charge in [0.1, 0.15) is 0 Å². The number of halogens is 3. The van der Waals surface area contributed by atoms with Crippen molar-refractivity contribution in [1.82, 2.24) is 10.2 Å². The quantitative estimate of drug-likeness (QED) is 0.804. The van der Waals surface area contributed by atoms with E-state index < -0.39 is 17.8 Å². The van der Waals surface area contributed by atoms with Crippen LogP contribution in [0.5, 0.6) is 0 Å². The summed E-state index contributed by atoms with van der Waals surface area (Å²) in [5, 5.41) is 3.20. The summed E-state index contributed by atoms with van der Waals surface area (Å²) < 4.78 is 38.1. The van der Waals surface area contributed by atoms with Crippen molar-refractivity contribution in [2.75, 3.05) is 13.1 Å². The molecule has 0 spiro atoms. The van der Waals surface area contributed by atoms with Crippen molar-refractivity contribution in [2.45, 2.75) is 31.5 Å². The summed E-state index contributed by atoms with van der Waals surface area (Å²) in [6.07, 6.45) is -0.666. The number of hydrogen-bond donors (Lipinski definition) is 1. The first kappa shape index (κ1) is 13.4. The minimum absolute atomic E-state index is 0.0251. The van der Waals surface area contributed by atoms with Gasteiger partial charge in [0, 0.05) is 18.0 Å². The standard InChI is InChI=1S/C13H14F3N3O/c14-13(15,16)8-1-2-11-10(7-8)18-12(20)19(11)9-3-5-17-6-4-9/h1-2,9,17H,3-7H2. The predicted octanol–water partition coefficient (Wildman–Crippen LogP) is 2.39. The normalized spacial score (nSPS) is 24.2. The maximum absolute atomic E-state index is 12.7. The monoisotopic (exact) mass is 285 g/mol. The predicted molar refractivity (Wildman–Crippen MR) is 67.4 cm³/mol. The largest absolute Gasteiger partial charge is 0.413 e. The number of allylic oxidation sites excluding steroid dienone is 4. The number of aliphatic imine (C=N–C) groups is 1. The second-order valence-corrected chi connectivity index (χ2v) is 5.11. The molecule has 1 N–H and O–H groups in total. The van der Waals surface area contributed by atoms with Crippen LogP contribution < -0.4 is 5.32 Å². The van der Waals surface area contributed by atoms with Crippen LogP contribution in [0, 0.1) is 0 Å². The number of piperidine rings is 1. The van der Waals surface area contributed by atoms with Crippen LogP contribution in [-0.2, 0) is 0 Å². The Balaban J connectivity index is 1.87. The van der Waals surface area contributed by atoms with Crippen LogP contribution in [-0.4, -0.2) is 42.0 Å². The Hall–Kier alpha value is -1.63. The van der Waals surface area contributed by atoms with Crippen LogP contribution in [0.4, 0.5) is 18.0 Å². The summed E-state index contributed by atoms with van der Waals surface area (Å²) in [4.78, 5) is 17.3. The lowest BCUT2D eigenvalue weighted by Gasteiger charge is -2.32. The number of amides is 2. The minimum Gasteiger partial charge on any atom is -0.317 e. The SMILES string of the molecule is O=C1N=C2CC(C(F)(F)F)=CC=C2N1C1CCNCC1. The van der Waals surface area contributed by atoms with E-state index in [0.29, 0.717) is 5.70 Å². The van der Waals surface area contributed by atoms with E-state index in [-0.39, 0.29) is 18.2 Å². The van der Waals surface area contributed by atoms with Gasteiger partial charge in [-0.25, -0.2) is 4.79 Å². The number of urea groups is 1. The van der Waals surface area contributed by atoms with Gasteiger partial charge in [-0.05, 0) is 32.0 Å². The molecule has 1 fully saturated rings. The molecule has 7 heteroatoms. The first-order chi connectivity index (χ1) is 9.47. The molecule has 2 heterocycles. The molecule has 2 amide bonds. The summed E-state index contributed by atoms with van der Waals surface area (Å²) in [5.74, 6) is 0. The van der Waals surface area contributed by atoms with Crippen LogP contribution in [0.3, 0.4) is 0 Å². The van der Waals surface area contributed by atoms with Gasteiger partial charge >= 0.3 is 12.2 Å². The second kappa shape index (κ2) is 4.73. The molecular weight excluding hydrogens is 271 g/mol. The van der Waals surface area contributed by atoms with Crippen molar-refractivity contribution >= 4 is 11.7 Å². The van der Waals surface area contributed by atoms with Crippen LogP contribution in [0.25, 0.3) is 0 Å². The molecule has 0 saturated carbocycles. The zero-order valence-corrected chi connectivity index (χ0v) is 10.7. The number of nitrogens with zero attached hydrogens (tertiary/aromatic N) is 2. The molecule has 0 aromatic carbocycles. The molecule has 1 saturated heterocycles. The average Bonchev–Trinajstić information content (AvgIpc) is 2.73. The van der Waals surface area contributed by atoms with E-state index in [1.807, 2.05) is 0 Å². The number of rotatable bonds is 1. The van der Waals surface area contributed by atoms with Crippen molar-refractivity contribution in [3.8, 4) is 0 Å². The number of carbonyl (C=O) groups excluding carboxylic acids is 1. The molecule has 0 bridgehead atoms. The van der Waals surface area contributed by atoms with Gasteiger partial charge in [-0.2, -0.15) is 18.2 Å². The fraction of sp³-hybridized carbons (Fsp3) is 0.538. The van der Waals surface area contributed by atoms with Crippen molar-refractivity contribution in [1.29, 1.82) is 0 Å². The van der Waals surface area contributed by atoms with Crippen LogP contribution in [0.2, 0.25) is 0 Å². The zero-order valence-electron chi connectivity index (χ0n) is 10.7. The van der Waals surface area contributed by atoms with Gasteiger partial charge in [-0.3, -0.25) is 4.90 Å². The van der Waals surface area contributed by atoms with Crippen molar-refractivity contribution in [3.63, 3.8) is 0 Å². The Bertz CT molecular complexity index is 527. The van der Waals surface area contributed by atoms with Gasteiger partial charge in [0.25, 0.3) is 0 Å². The smallest absolute Gasteiger partial charge is 0.317 e. The molecule has 3 aliphatic rings. The van der Waals surface area contributed by atoms with Crippen molar-refractivity contribution in [3.05, 3.63) is 23.4 Å². The highest BCUT2D eigenvalue weighted by Gasteiger charge is 2.41. The molecular formula is C13H14F3N3O. The first-order valence-electron chi connectivity index (χ1n) is 6.57. The number of carbonyl (C=O) groups is 1. The molecule has 4 nitrogen and oxygen atoms in total.